The Kier molecular flexibility index (Phi) is 38.6. The van der Waals surface area contributed by atoms with E-state index in [4.69, 9.17) is 9.47 Å². The van der Waals surface area contributed by atoms with Gasteiger partial charge in [-0.25, -0.2) is 0 Å². The molecule has 0 saturated carbocycles. The molecule has 0 aromatic rings. The molecule has 1 N–H and O–H groups in total. The van der Waals surface area contributed by atoms with Crippen LogP contribution in [0.25, 0.3) is 0 Å². The number of unbranched alkanes of at least 4 members (excludes halogenated alkanes) is 16. The normalized spacial score (nSPS) is 12.9. The standard InChI is InChI=1S/C45H76O5/c1-3-5-7-9-11-13-15-17-19-21-22-24-25-27-29-31-33-35-37-39-44(47)49-42-43(41-46)50-45(48)40-38-36-34-32-30-28-26-23-20-18-16-14-12-10-8-6-4-2/h11-14,17-20,22,24,27,29,43,46H,3-10,15-16,21,23,25-26,28,30-42H2,1-2H3. The van der Waals surface area contributed by atoms with Crippen LogP contribution in [0.5, 0.6) is 0 Å². The van der Waals surface area contributed by atoms with Crippen LogP contribution in [0.15, 0.2) is 72.9 Å². The van der Waals surface area contributed by atoms with Crippen LogP contribution in [0.4, 0.5) is 0 Å². The Hall–Kier alpha value is -2.66. The first kappa shape index (κ1) is 47.3. The van der Waals surface area contributed by atoms with Gasteiger partial charge in [0.05, 0.1) is 6.61 Å². The van der Waals surface area contributed by atoms with E-state index >= 15 is 0 Å². The van der Waals surface area contributed by atoms with Gasteiger partial charge in [-0.2, -0.15) is 0 Å². The molecule has 0 saturated heterocycles. The molecule has 1 unspecified atom stereocenters. The lowest BCUT2D eigenvalue weighted by Gasteiger charge is -2.15. The predicted molar refractivity (Wildman–Crippen MR) is 214 cm³/mol. The van der Waals surface area contributed by atoms with Gasteiger partial charge >= 0.3 is 11.9 Å². The Bertz CT molecular complexity index is 926. The Morgan fingerprint density at radius 1 is 0.460 bits per heavy atom. The van der Waals surface area contributed by atoms with Crippen LogP contribution in [0.2, 0.25) is 0 Å². The Labute approximate surface area is 308 Å². The van der Waals surface area contributed by atoms with E-state index in [1.54, 1.807) is 0 Å². The second-order valence-corrected chi connectivity index (χ2v) is 13.4. The highest BCUT2D eigenvalue weighted by atomic mass is 16.6. The Morgan fingerprint density at radius 2 is 0.800 bits per heavy atom. The summed E-state index contributed by atoms with van der Waals surface area (Å²) in [6, 6.07) is 0. The Morgan fingerprint density at radius 3 is 1.22 bits per heavy atom. The summed E-state index contributed by atoms with van der Waals surface area (Å²) in [6.07, 6.45) is 53.8. The highest BCUT2D eigenvalue weighted by molar-refractivity contribution is 5.70. The van der Waals surface area contributed by atoms with Gasteiger partial charge in [0.15, 0.2) is 6.10 Å². The predicted octanol–water partition coefficient (Wildman–Crippen LogP) is 13.0. The maximum Gasteiger partial charge on any atom is 0.306 e. The van der Waals surface area contributed by atoms with E-state index in [1.165, 1.54) is 77.0 Å². The van der Waals surface area contributed by atoms with E-state index in [2.05, 4.69) is 86.8 Å². The zero-order valence-corrected chi connectivity index (χ0v) is 32.4. The van der Waals surface area contributed by atoms with Gasteiger partial charge in [-0.15, -0.1) is 0 Å². The quantitative estimate of drug-likeness (QED) is 0.0401. The number of allylic oxidation sites excluding steroid dienone is 12. The second kappa shape index (κ2) is 40.8. The van der Waals surface area contributed by atoms with Crippen LogP contribution < -0.4 is 0 Å². The average molecular weight is 697 g/mol. The van der Waals surface area contributed by atoms with Crippen molar-refractivity contribution in [2.24, 2.45) is 0 Å². The third kappa shape index (κ3) is 38.1. The fourth-order valence-electron chi connectivity index (χ4n) is 5.33. The molecule has 0 spiro atoms. The molecule has 0 aliphatic heterocycles. The van der Waals surface area contributed by atoms with Gasteiger partial charge < -0.3 is 14.6 Å². The smallest absolute Gasteiger partial charge is 0.306 e. The number of aliphatic hydroxyl groups excluding tert-OH is 1. The third-order valence-corrected chi connectivity index (χ3v) is 8.47. The molecule has 1 atom stereocenters. The molecule has 50 heavy (non-hydrogen) atoms. The third-order valence-electron chi connectivity index (χ3n) is 8.47. The van der Waals surface area contributed by atoms with Gasteiger partial charge in [-0.3, -0.25) is 9.59 Å². The molecule has 0 aromatic carbocycles. The van der Waals surface area contributed by atoms with E-state index in [0.717, 1.165) is 77.0 Å². The number of hydrogen-bond donors (Lipinski definition) is 1. The number of rotatable bonds is 36. The first-order chi connectivity index (χ1) is 24.6. The van der Waals surface area contributed by atoms with Crippen molar-refractivity contribution in [1.29, 1.82) is 0 Å². The summed E-state index contributed by atoms with van der Waals surface area (Å²) < 4.78 is 10.6. The number of carbonyl (C=O) groups excluding carboxylic acids is 2. The molecule has 0 aliphatic carbocycles. The van der Waals surface area contributed by atoms with Crippen LogP contribution in [-0.2, 0) is 19.1 Å². The zero-order chi connectivity index (χ0) is 36.4. The molecule has 0 radical (unpaired) electrons. The Balaban J connectivity index is 3.66. The molecule has 286 valence electrons. The highest BCUT2D eigenvalue weighted by Gasteiger charge is 2.16. The number of ether oxygens (including phenoxy) is 2. The van der Waals surface area contributed by atoms with E-state index in [-0.39, 0.29) is 25.2 Å². The average Bonchev–Trinajstić information content (AvgIpc) is 3.12. The fraction of sp³-hybridized carbons (Fsp3) is 0.689. The first-order valence-corrected chi connectivity index (χ1v) is 20.5. The van der Waals surface area contributed by atoms with Crippen molar-refractivity contribution in [1.82, 2.24) is 0 Å². The maximum absolute atomic E-state index is 12.2. The number of aliphatic hydroxyl groups is 1. The topological polar surface area (TPSA) is 72.8 Å². The van der Waals surface area contributed by atoms with Crippen molar-refractivity contribution in [2.75, 3.05) is 13.2 Å². The minimum atomic E-state index is -0.792. The van der Waals surface area contributed by atoms with E-state index in [9.17, 15) is 14.7 Å². The maximum atomic E-state index is 12.2. The number of esters is 2. The summed E-state index contributed by atoms with van der Waals surface area (Å²) in [5.41, 5.74) is 0. The lowest BCUT2D eigenvalue weighted by atomic mass is 10.1. The molecule has 5 nitrogen and oxygen atoms in total. The van der Waals surface area contributed by atoms with Crippen molar-refractivity contribution < 1.29 is 24.2 Å². The first-order valence-electron chi connectivity index (χ1n) is 20.5. The summed E-state index contributed by atoms with van der Waals surface area (Å²) in [5, 5.41) is 9.56. The summed E-state index contributed by atoms with van der Waals surface area (Å²) in [7, 11) is 0. The zero-order valence-electron chi connectivity index (χ0n) is 32.4. The minimum Gasteiger partial charge on any atom is -0.462 e. The van der Waals surface area contributed by atoms with E-state index < -0.39 is 6.10 Å². The molecular formula is C45H76O5. The van der Waals surface area contributed by atoms with Crippen LogP contribution >= 0.6 is 0 Å². The van der Waals surface area contributed by atoms with Crippen LogP contribution in [0.1, 0.15) is 181 Å². The molecule has 0 bridgehead atoms. The molecule has 0 aromatic heterocycles. The van der Waals surface area contributed by atoms with Crippen LogP contribution in [0, 0.1) is 0 Å². The van der Waals surface area contributed by atoms with Crippen molar-refractivity contribution >= 4 is 11.9 Å². The number of carbonyl (C=O) groups is 2. The molecule has 0 heterocycles. The van der Waals surface area contributed by atoms with Gasteiger partial charge in [-0.05, 0) is 89.9 Å². The van der Waals surface area contributed by atoms with Crippen molar-refractivity contribution in [3.05, 3.63) is 72.9 Å². The van der Waals surface area contributed by atoms with Crippen LogP contribution in [-0.4, -0.2) is 36.4 Å². The minimum absolute atomic E-state index is 0.0891. The van der Waals surface area contributed by atoms with Gasteiger partial charge in [0.25, 0.3) is 0 Å². The largest absolute Gasteiger partial charge is 0.462 e. The van der Waals surface area contributed by atoms with Crippen molar-refractivity contribution in [3.63, 3.8) is 0 Å². The van der Waals surface area contributed by atoms with Crippen molar-refractivity contribution in [2.45, 2.75) is 187 Å². The molecule has 0 amide bonds. The second-order valence-electron chi connectivity index (χ2n) is 13.4. The molecule has 0 aliphatic rings. The molecule has 0 fully saturated rings. The van der Waals surface area contributed by atoms with Crippen LogP contribution in [0.3, 0.4) is 0 Å². The van der Waals surface area contributed by atoms with Crippen molar-refractivity contribution in [3.8, 4) is 0 Å². The molecular weight excluding hydrogens is 620 g/mol. The summed E-state index contributed by atoms with van der Waals surface area (Å²) in [6.45, 7) is 4.04. The van der Waals surface area contributed by atoms with E-state index in [1.807, 2.05) is 0 Å². The fourth-order valence-corrected chi connectivity index (χ4v) is 5.33. The SMILES string of the molecule is CCCCCC=CCC=CCC=CCC=CCCCCCC(=O)OCC(CO)OC(=O)CCCCCCCCCC=CCC=CCCCCC. The summed E-state index contributed by atoms with van der Waals surface area (Å²) in [5.74, 6) is -0.641. The van der Waals surface area contributed by atoms with E-state index in [0.29, 0.717) is 12.8 Å². The van der Waals surface area contributed by atoms with Gasteiger partial charge in [0, 0.05) is 12.8 Å². The van der Waals surface area contributed by atoms with Gasteiger partial charge in [0.1, 0.15) is 6.61 Å². The lowest BCUT2D eigenvalue weighted by molar-refractivity contribution is -0.161. The number of hydrogen-bond acceptors (Lipinski definition) is 5. The summed E-state index contributed by atoms with van der Waals surface area (Å²) in [4.78, 5) is 24.3. The highest BCUT2D eigenvalue weighted by Crippen LogP contribution is 2.12. The lowest BCUT2D eigenvalue weighted by Crippen LogP contribution is -2.28. The summed E-state index contributed by atoms with van der Waals surface area (Å²) >= 11 is 0. The molecule has 0 rings (SSSR count). The molecule has 5 heteroatoms. The van der Waals surface area contributed by atoms with Gasteiger partial charge in [0.2, 0.25) is 0 Å². The monoisotopic (exact) mass is 697 g/mol. The van der Waals surface area contributed by atoms with Gasteiger partial charge in [-0.1, -0.05) is 151 Å².